The molecule has 0 aliphatic rings. The van der Waals surface area contributed by atoms with Gasteiger partial charge in [-0.3, -0.25) is 4.90 Å². The van der Waals surface area contributed by atoms with Gasteiger partial charge in [-0.2, -0.15) is 5.26 Å². The Morgan fingerprint density at radius 3 is 2.43 bits per heavy atom. The molecule has 0 N–H and O–H groups in total. The van der Waals surface area contributed by atoms with Gasteiger partial charge in [-0.05, 0) is 18.7 Å². The number of para-hydroxylation sites is 1. The lowest BCUT2D eigenvalue weighted by Gasteiger charge is -2.27. The molecule has 0 amide bonds. The smallest absolute Gasteiger partial charge is 0.123 e. The third kappa shape index (κ3) is 3.84. The van der Waals surface area contributed by atoms with Crippen LogP contribution in [0.3, 0.4) is 0 Å². The summed E-state index contributed by atoms with van der Waals surface area (Å²) in [5.41, 5.74) is 2.29. The molecule has 3 heteroatoms. The van der Waals surface area contributed by atoms with Crippen molar-refractivity contribution in [1.29, 1.82) is 5.26 Å². The van der Waals surface area contributed by atoms with Crippen LogP contribution < -0.4 is 4.74 Å². The van der Waals surface area contributed by atoms with Gasteiger partial charge in [-0.1, -0.05) is 48.5 Å². The second-order valence-corrected chi connectivity index (χ2v) is 5.02. The zero-order valence-corrected chi connectivity index (χ0v) is 12.5. The van der Waals surface area contributed by atoms with E-state index in [2.05, 4.69) is 29.2 Å². The van der Waals surface area contributed by atoms with Crippen molar-refractivity contribution in [2.75, 3.05) is 14.2 Å². The highest BCUT2D eigenvalue weighted by atomic mass is 16.5. The molecule has 0 aliphatic heterocycles. The summed E-state index contributed by atoms with van der Waals surface area (Å²) in [6.07, 6.45) is 0.468. The second-order valence-electron chi connectivity index (χ2n) is 5.02. The van der Waals surface area contributed by atoms with E-state index in [0.29, 0.717) is 6.42 Å². The number of nitriles is 1. The number of rotatable bonds is 6. The fraction of sp³-hybridized carbons (Fsp3) is 0.278. The molecule has 0 radical (unpaired) electrons. The predicted molar refractivity (Wildman–Crippen MR) is 83.9 cm³/mol. The lowest BCUT2D eigenvalue weighted by atomic mass is 10.0. The van der Waals surface area contributed by atoms with Crippen molar-refractivity contribution in [3.05, 3.63) is 65.7 Å². The summed E-state index contributed by atoms with van der Waals surface area (Å²) in [6, 6.07) is 20.5. The Morgan fingerprint density at radius 1 is 1.10 bits per heavy atom. The van der Waals surface area contributed by atoms with Crippen LogP contribution in [0.2, 0.25) is 0 Å². The summed E-state index contributed by atoms with van der Waals surface area (Å²) in [5.74, 6) is 0.883. The average molecular weight is 280 g/mol. The molecule has 0 bridgehead atoms. The van der Waals surface area contributed by atoms with Crippen LogP contribution in [0.15, 0.2) is 54.6 Å². The van der Waals surface area contributed by atoms with Gasteiger partial charge >= 0.3 is 0 Å². The van der Waals surface area contributed by atoms with Crippen molar-refractivity contribution in [2.24, 2.45) is 0 Å². The Morgan fingerprint density at radius 2 is 1.76 bits per heavy atom. The molecule has 2 aromatic rings. The minimum Gasteiger partial charge on any atom is -0.496 e. The molecule has 1 unspecified atom stereocenters. The minimum atomic E-state index is 0.0844. The van der Waals surface area contributed by atoms with Crippen molar-refractivity contribution in [1.82, 2.24) is 4.90 Å². The Hall–Kier alpha value is -2.31. The molecule has 0 aromatic heterocycles. The fourth-order valence-electron chi connectivity index (χ4n) is 2.50. The molecule has 3 nitrogen and oxygen atoms in total. The quantitative estimate of drug-likeness (QED) is 0.808. The van der Waals surface area contributed by atoms with E-state index in [1.54, 1.807) is 7.11 Å². The second kappa shape index (κ2) is 7.47. The van der Waals surface area contributed by atoms with Crippen molar-refractivity contribution in [3.8, 4) is 11.8 Å². The van der Waals surface area contributed by atoms with Gasteiger partial charge in [0, 0.05) is 18.2 Å². The van der Waals surface area contributed by atoms with E-state index in [9.17, 15) is 0 Å². The van der Waals surface area contributed by atoms with E-state index in [4.69, 9.17) is 10.00 Å². The molecule has 0 saturated carbocycles. The summed E-state index contributed by atoms with van der Waals surface area (Å²) >= 11 is 0. The largest absolute Gasteiger partial charge is 0.496 e. The molecule has 0 aliphatic carbocycles. The summed E-state index contributed by atoms with van der Waals surface area (Å²) in [4.78, 5) is 2.19. The Kier molecular flexibility index (Phi) is 5.36. The molecular formula is C18H20N2O. The maximum absolute atomic E-state index is 9.11. The lowest BCUT2D eigenvalue weighted by Crippen LogP contribution is -2.24. The zero-order chi connectivity index (χ0) is 15.1. The van der Waals surface area contributed by atoms with Crippen LogP contribution in [0.4, 0.5) is 0 Å². The van der Waals surface area contributed by atoms with E-state index >= 15 is 0 Å². The Labute approximate surface area is 126 Å². The number of hydrogen-bond acceptors (Lipinski definition) is 3. The van der Waals surface area contributed by atoms with Crippen LogP contribution >= 0.6 is 0 Å². The molecular weight excluding hydrogens is 260 g/mol. The van der Waals surface area contributed by atoms with Gasteiger partial charge in [0.15, 0.2) is 0 Å². The van der Waals surface area contributed by atoms with Gasteiger partial charge in [0.2, 0.25) is 0 Å². The molecule has 108 valence electrons. The first-order valence-electron chi connectivity index (χ1n) is 7.00. The third-order valence-electron chi connectivity index (χ3n) is 3.61. The van der Waals surface area contributed by atoms with Crippen LogP contribution in [-0.2, 0) is 6.54 Å². The number of nitrogens with zero attached hydrogens (tertiary/aromatic N) is 2. The number of ether oxygens (including phenoxy) is 1. The number of methoxy groups -OCH3 is 1. The van der Waals surface area contributed by atoms with Crippen molar-refractivity contribution in [3.63, 3.8) is 0 Å². The summed E-state index contributed by atoms with van der Waals surface area (Å²) < 4.78 is 5.40. The standard InChI is InChI=1S/C18H20N2O/c1-20(14-16-10-6-7-11-18(16)21-2)17(12-13-19)15-8-4-3-5-9-15/h3-11,17H,12,14H2,1-2H3. The molecule has 2 aromatic carbocycles. The highest BCUT2D eigenvalue weighted by molar-refractivity contribution is 5.33. The average Bonchev–Trinajstić information content (AvgIpc) is 2.53. The predicted octanol–water partition coefficient (Wildman–Crippen LogP) is 3.78. The minimum absolute atomic E-state index is 0.0844. The first kappa shape index (κ1) is 15.1. The summed E-state index contributed by atoms with van der Waals surface area (Å²) in [6.45, 7) is 0.741. The Bertz CT molecular complexity index is 604. The highest BCUT2D eigenvalue weighted by Gasteiger charge is 2.18. The Balaban J connectivity index is 2.20. The lowest BCUT2D eigenvalue weighted by molar-refractivity contribution is 0.235. The maximum Gasteiger partial charge on any atom is 0.123 e. The van der Waals surface area contributed by atoms with Crippen LogP contribution in [0, 0.1) is 11.3 Å². The van der Waals surface area contributed by atoms with Gasteiger partial charge in [0.05, 0.1) is 19.6 Å². The number of benzene rings is 2. The van der Waals surface area contributed by atoms with Gasteiger partial charge < -0.3 is 4.74 Å². The van der Waals surface area contributed by atoms with Crippen molar-refractivity contribution < 1.29 is 4.74 Å². The molecule has 2 rings (SSSR count). The first-order chi connectivity index (χ1) is 10.3. The van der Waals surface area contributed by atoms with E-state index < -0.39 is 0 Å². The molecule has 0 heterocycles. The van der Waals surface area contributed by atoms with Gasteiger partial charge in [0.1, 0.15) is 5.75 Å². The van der Waals surface area contributed by atoms with Crippen LogP contribution in [0.25, 0.3) is 0 Å². The molecule has 0 saturated heterocycles. The molecule has 0 fully saturated rings. The topological polar surface area (TPSA) is 36.3 Å². The highest BCUT2D eigenvalue weighted by Crippen LogP contribution is 2.26. The van der Waals surface area contributed by atoms with Crippen LogP contribution in [-0.4, -0.2) is 19.1 Å². The third-order valence-corrected chi connectivity index (χ3v) is 3.61. The first-order valence-corrected chi connectivity index (χ1v) is 7.00. The van der Waals surface area contributed by atoms with Crippen molar-refractivity contribution in [2.45, 2.75) is 19.0 Å². The number of hydrogen-bond donors (Lipinski definition) is 0. The summed E-state index contributed by atoms with van der Waals surface area (Å²) in [5, 5.41) is 9.11. The van der Waals surface area contributed by atoms with Gasteiger partial charge in [-0.25, -0.2) is 0 Å². The van der Waals surface area contributed by atoms with Crippen LogP contribution in [0.1, 0.15) is 23.6 Å². The molecule has 1 atom stereocenters. The van der Waals surface area contributed by atoms with Crippen LogP contribution in [0.5, 0.6) is 5.75 Å². The van der Waals surface area contributed by atoms with E-state index in [-0.39, 0.29) is 6.04 Å². The normalized spacial score (nSPS) is 11.9. The van der Waals surface area contributed by atoms with Gasteiger partial charge in [-0.15, -0.1) is 0 Å². The monoisotopic (exact) mass is 280 g/mol. The van der Waals surface area contributed by atoms with E-state index in [1.807, 2.05) is 43.4 Å². The van der Waals surface area contributed by atoms with E-state index in [1.165, 1.54) is 0 Å². The summed E-state index contributed by atoms with van der Waals surface area (Å²) in [7, 11) is 3.73. The zero-order valence-electron chi connectivity index (χ0n) is 12.5. The maximum atomic E-state index is 9.11. The SMILES string of the molecule is COc1ccccc1CN(C)C(CC#N)c1ccccc1. The fourth-order valence-corrected chi connectivity index (χ4v) is 2.50. The van der Waals surface area contributed by atoms with Gasteiger partial charge in [0.25, 0.3) is 0 Å². The molecule has 21 heavy (non-hydrogen) atoms. The molecule has 0 spiro atoms. The van der Waals surface area contributed by atoms with E-state index in [0.717, 1.165) is 23.4 Å². The van der Waals surface area contributed by atoms with Crippen molar-refractivity contribution >= 4 is 0 Å².